The van der Waals surface area contributed by atoms with E-state index in [1.807, 2.05) is 43.0 Å². The number of nitrogens with one attached hydrogen (secondary N) is 1. The molecule has 2 aromatic carbocycles. The normalized spacial score (nSPS) is 20.4. The first-order valence-electron chi connectivity index (χ1n) is 13.6. The monoisotopic (exact) mass is 516 g/mol. The molecule has 3 aliphatic heterocycles. The van der Waals surface area contributed by atoms with Gasteiger partial charge in [0.1, 0.15) is 0 Å². The zero-order valence-corrected chi connectivity index (χ0v) is 22.4. The second kappa shape index (κ2) is 10.1. The molecule has 8 heteroatoms. The SMILES string of the molecule is COc1cc(C(=O)N(Cc2ccc3ccccc3n2)C[C@@H]2CCCN2CC2CNC2)cc2c1OC(C)(C)O2. The lowest BCUT2D eigenvalue weighted by atomic mass is 10.0. The van der Waals surface area contributed by atoms with Crippen LogP contribution in [0.3, 0.4) is 0 Å². The summed E-state index contributed by atoms with van der Waals surface area (Å²) in [5, 5.41) is 4.47. The van der Waals surface area contributed by atoms with Crippen LogP contribution in [-0.2, 0) is 6.54 Å². The van der Waals surface area contributed by atoms with Gasteiger partial charge in [0.2, 0.25) is 11.5 Å². The topological polar surface area (TPSA) is 76.2 Å². The van der Waals surface area contributed by atoms with Crippen molar-refractivity contribution in [1.82, 2.24) is 20.1 Å². The highest BCUT2D eigenvalue weighted by Gasteiger charge is 2.37. The van der Waals surface area contributed by atoms with E-state index in [-0.39, 0.29) is 5.91 Å². The first-order chi connectivity index (χ1) is 18.4. The molecule has 0 bridgehead atoms. The fourth-order valence-corrected chi connectivity index (χ4v) is 5.76. The largest absolute Gasteiger partial charge is 0.493 e. The van der Waals surface area contributed by atoms with Crippen LogP contribution in [0.25, 0.3) is 10.9 Å². The molecule has 1 amide bonds. The molecule has 0 aliphatic carbocycles. The summed E-state index contributed by atoms with van der Waals surface area (Å²) in [6.45, 7) is 9.11. The van der Waals surface area contributed by atoms with E-state index in [0.717, 1.165) is 55.6 Å². The van der Waals surface area contributed by atoms with Gasteiger partial charge in [0.25, 0.3) is 5.91 Å². The van der Waals surface area contributed by atoms with Gasteiger partial charge in [-0.2, -0.15) is 0 Å². The van der Waals surface area contributed by atoms with Crippen molar-refractivity contribution < 1.29 is 19.0 Å². The van der Waals surface area contributed by atoms with Crippen LogP contribution in [0.1, 0.15) is 42.7 Å². The minimum atomic E-state index is -0.813. The molecule has 1 N–H and O–H groups in total. The maximum atomic E-state index is 14.1. The predicted molar refractivity (Wildman–Crippen MR) is 146 cm³/mol. The molecule has 8 nitrogen and oxygen atoms in total. The molecule has 0 radical (unpaired) electrons. The number of rotatable bonds is 8. The fraction of sp³-hybridized carbons (Fsp3) is 0.467. The molecule has 0 saturated carbocycles. The molecular formula is C30H36N4O4. The minimum absolute atomic E-state index is 0.0634. The standard InChI is InChI=1S/C30H36N4O4/c1-30(2)37-27-14-22(13-26(36-3)28(27)38-30)29(35)34(18-23-11-10-21-7-4-5-9-25(21)32-23)19-24-8-6-12-33(24)17-20-15-31-16-20/h4-5,7,9-11,13-14,20,24,31H,6,8,12,15-19H2,1-3H3/t24-/m0/s1. The highest BCUT2D eigenvalue weighted by molar-refractivity contribution is 5.96. The summed E-state index contributed by atoms with van der Waals surface area (Å²) in [6, 6.07) is 16.1. The molecule has 3 aliphatic rings. The smallest absolute Gasteiger partial charge is 0.254 e. The number of fused-ring (bicyclic) bond motifs is 2. The number of pyridine rings is 1. The average molecular weight is 517 g/mol. The number of nitrogens with zero attached hydrogens (tertiary/aromatic N) is 3. The summed E-state index contributed by atoms with van der Waals surface area (Å²) in [7, 11) is 1.58. The number of hydrogen-bond acceptors (Lipinski definition) is 7. The highest BCUT2D eigenvalue weighted by Crippen LogP contribution is 2.46. The summed E-state index contributed by atoms with van der Waals surface area (Å²) < 4.78 is 17.5. The van der Waals surface area contributed by atoms with Gasteiger partial charge in [-0.25, -0.2) is 0 Å². The molecule has 6 rings (SSSR count). The molecule has 3 aromatic rings. The van der Waals surface area contributed by atoms with Crippen LogP contribution >= 0.6 is 0 Å². The van der Waals surface area contributed by atoms with E-state index >= 15 is 0 Å². The van der Waals surface area contributed by atoms with Gasteiger partial charge in [0.15, 0.2) is 11.5 Å². The number of carbonyl (C=O) groups is 1. The van der Waals surface area contributed by atoms with Gasteiger partial charge < -0.3 is 24.4 Å². The Morgan fingerprint density at radius 3 is 2.82 bits per heavy atom. The van der Waals surface area contributed by atoms with Gasteiger partial charge in [-0.3, -0.25) is 14.7 Å². The third-order valence-electron chi connectivity index (χ3n) is 7.78. The van der Waals surface area contributed by atoms with E-state index in [2.05, 4.69) is 22.3 Å². The molecule has 200 valence electrons. The summed E-state index contributed by atoms with van der Waals surface area (Å²) in [5.74, 6) is 1.39. The summed E-state index contributed by atoms with van der Waals surface area (Å²) in [6.07, 6.45) is 2.25. The molecule has 0 spiro atoms. The number of likely N-dealkylation sites (tertiary alicyclic amines) is 1. The molecular weight excluding hydrogens is 480 g/mol. The first kappa shape index (κ1) is 24.9. The molecule has 4 heterocycles. The number of amides is 1. The van der Waals surface area contributed by atoms with Crippen molar-refractivity contribution in [2.24, 2.45) is 5.92 Å². The van der Waals surface area contributed by atoms with Crippen molar-refractivity contribution in [2.45, 2.75) is 45.1 Å². The number of para-hydroxylation sites is 1. The Labute approximate surface area is 223 Å². The van der Waals surface area contributed by atoms with E-state index in [4.69, 9.17) is 19.2 Å². The van der Waals surface area contributed by atoms with Gasteiger partial charge in [-0.05, 0) is 49.6 Å². The maximum Gasteiger partial charge on any atom is 0.254 e. The number of carbonyl (C=O) groups excluding carboxylic acids is 1. The van der Waals surface area contributed by atoms with Crippen molar-refractivity contribution in [3.63, 3.8) is 0 Å². The Morgan fingerprint density at radius 2 is 2.03 bits per heavy atom. The van der Waals surface area contributed by atoms with Crippen molar-refractivity contribution in [1.29, 1.82) is 0 Å². The molecule has 2 fully saturated rings. The van der Waals surface area contributed by atoms with Crippen LogP contribution in [-0.4, -0.2) is 72.4 Å². The van der Waals surface area contributed by atoms with Crippen molar-refractivity contribution in [2.75, 3.05) is 39.8 Å². The second-order valence-electron chi connectivity index (χ2n) is 11.1. The third kappa shape index (κ3) is 5.02. The third-order valence-corrected chi connectivity index (χ3v) is 7.78. The van der Waals surface area contributed by atoms with Crippen molar-refractivity contribution >= 4 is 16.8 Å². The predicted octanol–water partition coefficient (Wildman–Crippen LogP) is 4.08. The minimum Gasteiger partial charge on any atom is -0.493 e. The van der Waals surface area contributed by atoms with Gasteiger partial charge in [-0.1, -0.05) is 24.3 Å². The molecule has 1 aromatic heterocycles. The van der Waals surface area contributed by atoms with E-state index < -0.39 is 5.79 Å². The van der Waals surface area contributed by atoms with E-state index in [1.165, 1.54) is 0 Å². The van der Waals surface area contributed by atoms with Crippen molar-refractivity contribution in [3.05, 3.63) is 59.8 Å². The van der Waals surface area contributed by atoms with Crippen LogP contribution in [0, 0.1) is 5.92 Å². The Hall–Kier alpha value is -3.36. The Kier molecular flexibility index (Phi) is 6.61. The molecule has 38 heavy (non-hydrogen) atoms. The van der Waals surface area contributed by atoms with Gasteiger partial charge in [-0.15, -0.1) is 0 Å². The highest BCUT2D eigenvalue weighted by atomic mass is 16.7. The van der Waals surface area contributed by atoms with Crippen LogP contribution < -0.4 is 19.5 Å². The first-order valence-corrected chi connectivity index (χ1v) is 13.6. The Morgan fingerprint density at radius 1 is 1.18 bits per heavy atom. The lowest BCUT2D eigenvalue weighted by Crippen LogP contribution is -2.51. The summed E-state index contributed by atoms with van der Waals surface area (Å²) in [5.41, 5.74) is 2.33. The lowest BCUT2D eigenvalue weighted by molar-refractivity contribution is -0.0439. The second-order valence-corrected chi connectivity index (χ2v) is 11.1. The quantitative estimate of drug-likeness (QED) is 0.484. The van der Waals surface area contributed by atoms with Gasteiger partial charge in [0.05, 0.1) is 24.9 Å². The van der Waals surface area contributed by atoms with Gasteiger partial charge >= 0.3 is 0 Å². The van der Waals surface area contributed by atoms with Crippen LogP contribution in [0.15, 0.2) is 48.5 Å². The van der Waals surface area contributed by atoms with Crippen LogP contribution in [0.4, 0.5) is 0 Å². The van der Waals surface area contributed by atoms with Crippen molar-refractivity contribution in [3.8, 4) is 17.2 Å². The summed E-state index contributed by atoms with van der Waals surface area (Å²) in [4.78, 5) is 23.5. The molecule has 2 saturated heterocycles. The number of benzene rings is 2. The summed E-state index contributed by atoms with van der Waals surface area (Å²) >= 11 is 0. The van der Waals surface area contributed by atoms with Crippen LogP contribution in [0.5, 0.6) is 17.2 Å². The van der Waals surface area contributed by atoms with Gasteiger partial charge in [0, 0.05) is 57.0 Å². The number of methoxy groups -OCH3 is 1. The van der Waals surface area contributed by atoms with Crippen LogP contribution in [0.2, 0.25) is 0 Å². The Bertz CT molecular complexity index is 1340. The number of aromatic nitrogens is 1. The average Bonchev–Trinajstić information content (AvgIpc) is 3.46. The Balaban J connectivity index is 1.30. The van der Waals surface area contributed by atoms with E-state index in [0.29, 0.717) is 47.9 Å². The van der Waals surface area contributed by atoms with E-state index in [9.17, 15) is 4.79 Å². The number of ether oxygens (including phenoxy) is 3. The fourth-order valence-electron chi connectivity index (χ4n) is 5.76. The molecule has 1 atom stereocenters. The maximum absolute atomic E-state index is 14.1. The molecule has 0 unspecified atom stereocenters. The van der Waals surface area contributed by atoms with E-state index in [1.54, 1.807) is 19.2 Å². The number of hydrogen-bond donors (Lipinski definition) is 1. The lowest BCUT2D eigenvalue weighted by Gasteiger charge is -2.36. The zero-order chi connectivity index (χ0) is 26.3. The zero-order valence-electron chi connectivity index (χ0n) is 22.4.